The van der Waals surface area contributed by atoms with Gasteiger partial charge in [0.05, 0.1) is 5.56 Å². The van der Waals surface area contributed by atoms with Crippen molar-refractivity contribution in [3.8, 4) is 17.0 Å². The fourth-order valence-electron chi connectivity index (χ4n) is 4.37. The average molecular weight is 559 g/mol. The molecule has 1 aliphatic carbocycles. The van der Waals surface area contributed by atoms with Crippen LogP contribution in [0.2, 0.25) is 10.0 Å². The number of aromatic nitrogens is 2. The van der Waals surface area contributed by atoms with Crippen LogP contribution >= 0.6 is 39.1 Å². The van der Waals surface area contributed by atoms with Gasteiger partial charge < -0.3 is 10.1 Å². The minimum absolute atomic E-state index is 0.284. The van der Waals surface area contributed by atoms with Crippen LogP contribution in [0.4, 0.5) is 5.82 Å². The zero-order valence-electron chi connectivity index (χ0n) is 18.2. The van der Waals surface area contributed by atoms with Crippen molar-refractivity contribution in [1.29, 1.82) is 0 Å². The number of rotatable bonds is 5. The SMILES string of the molecule is O=C(Oc1ccccc1-c1nc2ccc(Br)cn2c1NC1CCCCC1)c1cc(Cl)cc(Cl)c1. The van der Waals surface area contributed by atoms with Gasteiger partial charge in [-0.2, -0.15) is 0 Å². The van der Waals surface area contributed by atoms with Crippen LogP contribution in [0, 0.1) is 0 Å². The third-order valence-electron chi connectivity index (χ3n) is 5.97. The zero-order chi connectivity index (χ0) is 23.7. The first-order valence-electron chi connectivity index (χ1n) is 11.2. The molecule has 0 saturated heterocycles. The molecule has 5 rings (SSSR count). The minimum atomic E-state index is -0.537. The Labute approximate surface area is 216 Å². The van der Waals surface area contributed by atoms with Crippen LogP contribution in [0.5, 0.6) is 5.75 Å². The van der Waals surface area contributed by atoms with Crippen LogP contribution in [0.25, 0.3) is 16.9 Å². The molecule has 2 aromatic carbocycles. The predicted molar refractivity (Wildman–Crippen MR) is 140 cm³/mol. The lowest BCUT2D eigenvalue weighted by Crippen LogP contribution is -2.23. The smallest absolute Gasteiger partial charge is 0.343 e. The molecule has 0 amide bonds. The van der Waals surface area contributed by atoms with Gasteiger partial charge in [0.2, 0.25) is 0 Å². The second kappa shape index (κ2) is 9.98. The number of hydrogen-bond acceptors (Lipinski definition) is 4. The number of carbonyl (C=O) groups is 1. The lowest BCUT2D eigenvalue weighted by atomic mass is 9.95. The fraction of sp³-hybridized carbons (Fsp3) is 0.231. The Kier molecular flexibility index (Phi) is 6.82. The summed E-state index contributed by atoms with van der Waals surface area (Å²) in [6.45, 7) is 0. The number of para-hydroxylation sites is 1. The quantitative estimate of drug-likeness (QED) is 0.199. The molecule has 1 saturated carbocycles. The Balaban J connectivity index is 1.56. The van der Waals surface area contributed by atoms with E-state index < -0.39 is 5.97 Å². The predicted octanol–water partition coefficient (Wildman–Crippen LogP) is 8.03. The number of fused-ring (bicyclic) bond motifs is 1. The molecule has 4 aromatic rings. The standard InChI is InChI=1S/C26H22BrCl2N3O2/c27-17-10-11-23-31-24(25(32(23)15-17)30-20-6-2-1-3-7-20)21-8-4-5-9-22(21)34-26(33)16-12-18(28)14-19(29)13-16/h4-5,8-15,20,30H,1-3,6-7H2. The normalized spacial score (nSPS) is 14.3. The van der Waals surface area contributed by atoms with E-state index in [-0.39, 0.29) is 5.56 Å². The molecule has 0 atom stereocenters. The Hall–Kier alpha value is -2.54. The summed E-state index contributed by atoms with van der Waals surface area (Å²) in [4.78, 5) is 17.8. The number of esters is 1. The summed E-state index contributed by atoms with van der Waals surface area (Å²) in [6, 6.07) is 16.4. The highest BCUT2D eigenvalue weighted by Gasteiger charge is 2.23. The van der Waals surface area contributed by atoms with Crippen LogP contribution in [-0.4, -0.2) is 21.4 Å². The topological polar surface area (TPSA) is 55.6 Å². The molecule has 0 aliphatic heterocycles. The van der Waals surface area contributed by atoms with Gasteiger partial charge in [0.1, 0.15) is 22.9 Å². The fourth-order valence-corrected chi connectivity index (χ4v) is 5.23. The Morgan fingerprint density at radius 3 is 2.53 bits per heavy atom. The highest BCUT2D eigenvalue weighted by molar-refractivity contribution is 9.10. The van der Waals surface area contributed by atoms with E-state index in [4.69, 9.17) is 32.9 Å². The maximum atomic E-state index is 12.9. The molecule has 2 heterocycles. The highest BCUT2D eigenvalue weighted by atomic mass is 79.9. The first-order valence-corrected chi connectivity index (χ1v) is 12.7. The summed E-state index contributed by atoms with van der Waals surface area (Å²) in [5, 5.41) is 4.48. The van der Waals surface area contributed by atoms with Crippen molar-refractivity contribution >= 4 is 56.6 Å². The maximum absolute atomic E-state index is 12.9. The van der Waals surface area contributed by atoms with Crippen molar-refractivity contribution in [3.05, 3.63) is 80.9 Å². The lowest BCUT2D eigenvalue weighted by Gasteiger charge is -2.24. The highest BCUT2D eigenvalue weighted by Crippen LogP contribution is 2.37. The second-order valence-electron chi connectivity index (χ2n) is 8.41. The Bertz CT molecular complexity index is 1350. The molecule has 0 unspecified atom stereocenters. The molecule has 0 spiro atoms. The monoisotopic (exact) mass is 557 g/mol. The number of nitrogens with zero attached hydrogens (tertiary/aromatic N) is 2. The molecule has 0 bridgehead atoms. The van der Waals surface area contributed by atoms with Gasteiger partial charge in [0.15, 0.2) is 0 Å². The molecular formula is C26H22BrCl2N3O2. The van der Waals surface area contributed by atoms with E-state index in [1.807, 2.05) is 40.9 Å². The molecule has 1 N–H and O–H groups in total. The van der Waals surface area contributed by atoms with Gasteiger partial charge in [0.25, 0.3) is 0 Å². The number of anilines is 1. The largest absolute Gasteiger partial charge is 0.422 e. The van der Waals surface area contributed by atoms with Gasteiger partial charge in [-0.05, 0) is 71.2 Å². The summed E-state index contributed by atoms with van der Waals surface area (Å²) in [5.74, 6) is 0.764. The second-order valence-corrected chi connectivity index (χ2v) is 10.2. The van der Waals surface area contributed by atoms with Gasteiger partial charge in [-0.25, -0.2) is 9.78 Å². The van der Waals surface area contributed by atoms with Crippen LogP contribution in [0.3, 0.4) is 0 Å². The van der Waals surface area contributed by atoms with Crippen molar-refractivity contribution in [1.82, 2.24) is 9.38 Å². The molecule has 1 aliphatic rings. The van der Waals surface area contributed by atoms with Crippen molar-refractivity contribution in [2.45, 2.75) is 38.1 Å². The Morgan fingerprint density at radius 2 is 1.76 bits per heavy atom. The molecule has 2 aromatic heterocycles. The van der Waals surface area contributed by atoms with Gasteiger partial charge in [-0.3, -0.25) is 4.40 Å². The summed E-state index contributed by atoms with van der Waals surface area (Å²) in [5.41, 5.74) is 2.55. The molecule has 5 nitrogen and oxygen atoms in total. The van der Waals surface area contributed by atoms with Gasteiger partial charge in [-0.15, -0.1) is 0 Å². The Morgan fingerprint density at radius 1 is 1.03 bits per heavy atom. The molecular weight excluding hydrogens is 537 g/mol. The van der Waals surface area contributed by atoms with Gasteiger partial charge >= 0.3 is 5.97 Å². The zero-order valence-corrected chi connectivity index (χ0v) is 21.3. The van der Waals surface area contributed by atoms with Crippen molar-refractivity contribution in [2.75, 3.05) is 5.32 Å². The number of imidazole rings is 1. The molecule has 1 fully saturated rings. The minimum Gasteiger partial charge on any atom is -0.422 e. The number of halogens is 3. The number of pyridine rings is 1. The van der Waals surface area contributed by atoms with E-state index in [1.54, 1.807) is 12.1 Å². The number of ether oxygens (including phenoxy) is 1. The number of carbonyl (C=O) groups excluding carboxylic acids is 1. The van der Waals surface area contributed by atoms with E-state index in [0.29, 0.717) is 21.8 Å². The summed E-state index contributed by atoms with van der Waals surface area (Å²) < 4.78 is 8.82. The average Bonchev–Trinajstić information content (AvgIpc) is 3.16. The lowest BCUT2D eigenvalue weighted by molar-refractivity contribution is 0.0735. The van der Waals surface area contributed by atoms with Gasteiger partial charge in [-0.1, -0.05) is 54.6 Å². The molecule has 34 heavy (non-hydrogen) atoms. The number of benzene rings is 2. The van der Waals surface area contributed by atoms with Crippen LogP contribution < -0.4 is 10.1 Å². The van der Waals surface area contributed by atoms with Gasteiger partial charge in [0, 0.05) is 32.3 Å². The van der Waals surface area contributed by atoms with Crippen molar-refractivity contribution in [3.63, 3.8) is 0 Å². The van der Waals surface area contributed by atoms with Crippen LogP contribution in [0.15, 0.2) is 65.3 Å². The molecule has 174 valence electrons. The molecule has 0 radical (unpaired) electrons. The van der Waals surface area contributed by atoms with E-state index >= 15 is 0 Å². The van der Waals surface area contributed by atoms with E-state index in [0.717, 1.165) is 40.0 Å². The molecule has 8 heteroatoms. The number of nitrogens with one attached hydrogen (secondary N) is 1. The maximum Gasteiger partial charge on any atom is 0.343 e. The third-order valence-corrected chi connectivity index (χ3v) is 6.88. The van der Waals surface area contributed by atoms with Crippen molar-refractivity contribution in [2.24, 2.45) is 0 Å². The third kappa shape index (κ3) is 4.95. The van der Waals surface area contributed by atoms with E-state index in [2.05, 4.69) is 21.2 Å². The summed E-state index contributed by atoms with van der Waals surface area (Å²) >= 11 is 15.7. The van der Waals surface area contributed by atoms with Crippen LogP contribution in [0.1, 0.15) is 42.5 Å². The summed E-state index contributed by atoms with van der Waals surface area (Å²) in [7, 11) is 0. The van der Waals surface area contributed by atoms with E-state index in [9.17, 15) is 4.79 Å². The van der Waals surface area contributed by atoms with E-state index in [1.165, 1.54) is 31.4 Å². The van der Waals surface area contributed by atoms with Crippen molar-refractivity contribution < 1.29 is 9.53 Å². The first-order chi connectivity index (χ1) is 16.5. The van der Waals surface area contributed by atoms with Crippen LogP contribution in [-0.2, 0) is 0 Å². The number of hydrogen-bond donors (Lipinski definition) is 1. The summed E-state index contributed by atoms with van der Waals surface area (Å²) in [6.07, 6.45) is 7.93. The first kappa shape index (κ1) is 23.2.